The molecule has 1 fully saturated rings. The van der Waals surface area contributed by atoms with E-state index in [1.165, 1.54) is 25.7 Å². The van der Waals surface area contributed by atoms with Crippen LogP contribution in [-0.2, 0) is 4.74 Å². The predicted octanol–water partition coefficient (Wildman–Crippen LogP) is 2.85. The molecule has 0 aromatic rings. The topological polar surface area (TPSA) is 9.23 Å². The van der Waals surface area contributed by atoms with Gasteiger partial charge in [-0.2, -0.15) is 0 Å². The van der Waals surface area contributed by atoms with Gasteiger partial charge < -0.3 is 4.74 Å². The van der Waals surface area contributed by atoms with Gasteiger partial charge in [0.2, 0.25) is 0 Å². The van der Waals surface area contributed by atoms with Gasteiger partial charge >= 0.3 is 0 Å². The molecule has 0 amide bonds. The van der Waals surface area contributed by atoms with Crippen LogP contribution in [0.15, 0.2) is 0 Å². The second-order valence-corrected chi connectivity index (χ2v) is 4.16. The number of rotatable bonds is 3. The van der Waals surface area contributed by atoms with E-state index in [4.69, 9.17) is 4.74 Å². The van der Waals surface area contributed by atoms with Crippen LogP contribution < -0.4 is 0 Å². The molecule has 1 rings (SSSR count). The molecule has 0 N–H and O–H groups in total. The lowest BCUT2D eigenvalue weighted by Crippen LogP contribution is -2.28. The Morgan fingerprint density at radius 3 is 2.18 bits per heavy atom. The quantitative estimate of drug-likeness (QED) is 0.610. The average Bonchev–Trinajstić information content (AvgIpc) is 2.38. The molecule has 0 aromatic heterocycles. The Morgan fingerprint density at radius 1 is 1.27 bits per heavy atom. The highest BCUT2D eigenvalue weighted by Crippen LogP contribution is 2.44. The summed E-state index contributed by atoms with van der Waals surface area (Å²) in [4.78, 5) is 0. The van der Waals surface area contributed by atoms with E-state index >= 15 is 0 Å². The van der Waals surface area contributed by atoms with Crippen molar-refractivity contribution >= 4 is 0 Å². The maximum Gasteiger partial charge on any atom is 0.0521 e. The highest BCUT2D eigenvalue weighted by molar-refractivity contribution is 4.86. The zero-order valence-corrected chi connectivity index (χ0v) is 8.02. The summed E-state index contributed by atoms with van der Waals surface area (Å²) in [7, 11) is 1.82. The van der Waals surface area contributed by atoms with Crippen LogP contribution >= 0.6 is 0 Å². The van der Waals surface area contributed by atoms with Crippen LogP contribution in [0.25, 0.3) is 0 Å². The van der Waals surface area contributed by atoms with Gasteiger partial charge in [0.15, 0.2) is 0 Å². The third-order valence-corrected chi connectivity index (χ3v) is 3.26. The van der Waals surface area contributed by atoms with E-state index in [0.29, 0.717) is 5.41 Å². The third kappa shape index (κ3) is 1.76. The average molecular weight is 156 g/mol. The lowest BCUT2D eigenvalue weighted by Gasteiger charge is -2.32. The molecule has 0 spiro atoms. The Morgan fingerprint density at radius 2 is 1.82 bits per heavy atom. The van der Waals surface area contributed by atoms with Crippen molar-refractivity contribution < 1.29 is 4.74 Å². The SMILES string of the molecule is COCC1(C(C)C)CCCC1. The van der Waals surface area contributed by atoms with Crippen molar-refractivity contribution in [2.75, 3.05) is 13.7 Å². The van der Waals surface area contributed by atoms with Crippen molar-refractivity contribution in [3.05, 3.63) is 0 Å². The molecular formula is C10H20O. The Labute approximate surface area is 70.1 Å². The molecule has 11 heavy (non-hydrogen) atoms. The summed E-state index contributed by atoms with van der Waals surface area (Å²) in [6.07, 6.45) is 5.56. The van der Waals surface area contributed by atoms with Gasteiger partial charge in [-0.15, -0.1) is 0 Å². The molecule has 0 aliphatic heterocycles. The minimum atomic E-state index is 0.523. The first kappa shape index (κ1) is 9.05. The minimum Gasteiger partial charge on any atom is -0.384 e. The fourth-order valence-corrected chi connectivity index (χ4v) is 2.25. The summed E-state index contributed by atoms with van der Waals surface area (Å²) < 4.78 is 5.29. The van der Waals surface area contributed by atoms with Crippen LogP contribution in [0.5, 0.6) is 0 Å². The zero-order valence-electron chi connectivity index (χ0n) is 8.02. The molecule has 0 unspecified atom stereocenters. The predicted molar refractivity (Wildman–Crippen MR) is 47.6 cm³/mol. The van der Waals surface area contributed by atoms with Crippen molar-refractivity contribution in [3.63, 3.8) is 0 Å². The molecule has 0 aromatic carbocycles. The fourth-order valence-electron chi connectivity index (χ4n) is 2.25. The lowest BCUT2D eigenvalue weighted by atomic mass is 9.76. The van der Waals surface area contributed by atoms with Gasteiger partial charge in [-0.3, -0.25) is 0 Å². The van der Waals surface area contributed by atoms with Gasteiger partial charge in [-0.1, -0.05) is 26.7 Å². The smallest absolute Gasteiger partial charge is 0.0521 e. The van der Waals surface area contributed by atoms with Crippen LogP contribution in [-0.4, -0.2) is 13.7 Å². The molecule has 0 heterocycles. The first-order valence-electron chi connectivity index (χ1n) is 4.70. The van der Waals surface area contributed by atoms with Crippen LogP contribution in [0.1, 0.15) is 39.5 Å². The van der Waals surface area contributed by atoms with Crippen molar-refractivity contribution in [1.82, 2.24) is 0 Å². The summed E-state index contributed by atoms with van der Waals surface area (Å²) in [5.74, 6) is 0.782. The molecule has 1 saturated carbocycles. The number of ether oxygens (including phenoxy) is 1. The summed E-state index contributed by atoms with van der Waals surface area (Å²) in [6.45, 7) is 5.61. The molecule has 0 radical (unpaired) electrons. The Kier molecular flexibility index (Phi) is 2.94. The monoisotopic (exact) mass is 156 g/mol. The number of methoxy groups -OCH3 is 1. The van der Waals surface area contributed by atoms with Gasteiger partial charge in [0, 0.05) is 7.11 Å². The first-order valence-corrected chi connectivity index (χ1v) is 4.70. The van der Waals surface area contributed by atoms with E-state index in [1.54, 1.807) is 0 Å². The normalized spacial score (nSPS) is 22.9. The van der Waals surface area contributed by atoms with Gasteiger partial charge in [-0.05, 0) is 24.2 Å². The van der Waals surface area contributed by atoms with Gasteiger partial charge in [0.25, 0.3) is 0 Å². The van der Waals surface area contributed by atoms with E-state index in [0.717, 1.165) is 12.5 Å². The summed E-state index contributed by atoms with van der Waals surface area (Å²) in [5, 5.41) is 0. The maximum absolute atomic E-state index is 5.29. The second-order valence-electron chi connectivity index (χ2n) is 4.16. The van der Waals surface area contributed by atoms with E-state index in [2.05, 4.69) is 13.8 Å². The Bertz CT molecular complexity index is 112. The standard InChI is InChI=1S/C10H20O/c1-9(2)10(8-11-3)6-4-5-7-10/h9H,4-8H2,1-3H3. The molecule has 1 aliphatic carbocycles. The highest BCUT2D eigenvalue weighted by Gasteiger charge is 2.36. The number of hydrogen-bond donors (Lipinski definition) is 0. The van der Waals surface area contributed by atoms with E-state index in [9.17, 15) is 0 Å². The summed E-state index contributed by atoms with van der Waals surface area (Å²) in [6, 6.07) is 0. The van der Waals surface area contributed by atoms with Gasteiger partial charge in [-0.25, -0.2) is 0 Å². The van der Waals surface area contributed by atoms with Gasteiger partial charge in [0.05, 0.1) is 6.61 Å². The first-order chi connectivity index (χ1) is 5.21. The second kappa shape index (κ2) is 3.57. The molecule has 0 saturated heterocycles. The minimum absolute atomic E-state index is 0.523. The molecule has 0 bridgehead atoms. The summed E-state index contributed by atoms with van der Waals surface area (Å²) in [5.41, 5.74) is 0.523. The number of hydrogen-bond acceptors (Lipinski definition) is 1. The molecule has 1 nitrogen and oxygen atoms in total. The van der Waals surface area contributed by atoms with Crippen LogP contribution in [0.4, 0.5) is 0 Å². The Balaban J connectivity index is 2.55. The molecule has 1 heteroatoms. The van der Waals surface area contributed by atoms with Crippen molar-refractivity contribution in [2.45, 2.75) is 39.5 Å². The molecule has 1 aliphatic rings. The lowest BCUT2D eigenvalue weighted by molar-refractivity contribution is 0.0480. The molecular weight excluding hydrogens is 136 g/mol. The van der Waals surface area contributed by atoms with Crippen molar-refractivity contribution in [2.24, 2.45) is 11.3 Å². The molecule has 66 valence electrons. The van der Waals surface area contributed by atoms with Crippen LogP contribution in [0.2, 0.25) is 0 Å². The van der Waals surface area contributed by atoms with E-state index in [1.807, 2.05) is 7.11 Å². The van der Waals surface area contributed by atoms with E-state index in [-0.39, 0.29) is 0 Å². The maximum atomic E-state index is 5.29. The molecule has 0 atom stereocenters. The zero-order chi connectivity index (χ0) is 8.32. The van der Waals surface area contributed by atoms with Crippen LogP contribution in [0.3, 0.4) is 0 Å². The van der Waals surface area contributed by atoms with Crippen molar-refractivity contribution in [1.29, 1.82) is 0 Å². The van der Waals surface area contributed by atoms with Crippen molar-refractivity contribution in [3.8, 4) is 0 Å². The largest absolute Gasteiger partial charge is 0.384 e. The van der Waals surface area contributed by atoms with Gasteiger partial charge in [0.1, 0.15) is 0 Å². The van der Waals surface area contributed by atoms with Crippen LogP contribution in [0, 0.1) is 11.3 Å². The van der Waals surface area contributed by atoms with E-state index < -0.39 is 0 Å². The fraction of sp³-hybridized carbons (Fsp3) is 1.00. The third-order valence-electron chi connectivity index (χ3n) is 3.26. The summed E-state index contributed by atoms with van der Waals surface area (Å²) >= 11 is 0. The highest BCUT2D eigenvalue weighted by atomic mass is 16.5. The Hall–Kier alpha value is -0.0400.